The van der Waals surface area contributed by atoms with Gasteiger partial charge >= 0.3 is 0 Å². The molecule has 1 saturated carbocycles. The van der Waals surface area contributed by atoms with Crippen molar-refractivity contribution in [1.82, 2.24) is 9.80 Å². The highest BCUT2D eigenvalue weighted by atomic mass is 32.1. The fourth-order valence-corrected chi connectivity index (χ4v) is 4.69. The third-order valence-corrected chi connectivity index (χ3v) is 6.10. The molecule has 4 nitrogen and oxygen atoms in total. The first-order chi connectivity index (χ1) is 11.7. The lowest BCUT2D eigenvalue weighted by Crippen LogP contribution is -2.49. The smallest absolute Gasteiger partial charge is 0.264 e. The second-order valence-corrected chi connectivity index (χ2v) is 7.57. The van der Waals surface area contributed by atoms with Crippen LogP contribution in [0, 0.1) is 5.82 Å². The fraction of sp³-hybridized carbons (Fsp3) is 0.500. The second kappa shape index (κ2) is 6.43. The van der Waals surface area contributed by atoms with Crippen molar-refractivity contribution in [1.29, 1.82) is 0 Å². The van der Waals surface area contributed by atoms with Crippen LogP contribution in [0.5, 0.6) is 0 Å². The van der Waals surface area contributed by atoms with Crippen molar-refractivity contribution in [3.8, 4) is 0 Å². The summed E-state index contributed by atoms with van der Waals surface area (Å²) in [4.78, 5) is 18.0. The Kier molecular flexibility index (Phi) is 4.28. The summed E-state index contributed by atoms with van der Waals surface area (Å²) in [5.41, 5.74) is 0.685. The van der Waals surface area contributed by atoms with Gasteiger partial charge in [0.2, 0.25) is 0 Å². The minimum atomic E-state index is -0.284. The van der Waals surface area contributed by atoms with E-state index in [9.17, 15) is 9.18 Å². The van der Waals surface area contributed by atoms with Gasteiger partial charge in [0, 0.05) is 55.0 Å². The van der Waals surface area contributed by atoms with Crippen LogP contribution in [0.3, 0.4) is 0 Å². The molecule has 1 aromatic heterocycles. The Hall–Kier alpha value is -1.50. The van der Waals surface area contributed by atoms with Crippen LogP contribution in [0.2, 0.25) is 0 Å². The summed E-state index contributed by atoms with van der Waals surface area (Å²) >= 11 is 1.37. The zero-order valence-corrected chi connectivity index (χ0v) is 14.6. The maximum atomic E-state index is 14.3. The van der Waals surface area contributed by atoms with Gasteiger partial charge in [0.15, 0.2) is 0 Å². The highest BCUT2D eigenvalue weighted by Crippen LogP contribution is 2.35. The van der Waals surface area contributed by atoms with E-state index >= 15 is 0 Å². The molecule has 2 fully saturated rings. The van der Waals surface area contributed by atoms with Crippen LogP contribution >= 0.6 is 11.3 Å². The number of fused-ring (bicyclic) bond motifs is 1. The van der Waals surface area contributed by atoms with E-state index in [1.807, 2.05) is 11.0 Å². The Bertz CT molecular complexity index is 764. The zero-order valence-electron chi connectivity index (χ0n) is 13.8. The minimum Gasteiger partial charge on any atom is -0.380 e. The molecule has 0 bridgehead atoms. The number of thiophene rings is 1. The molecule has 0 atom stereocenters. The van der Waals surface area contributed by atoms with Crippen molar-refractivity contribution in [3.63, 3.8) is 0 Å². The number of carbonyl (C=O) groups excluding carboxylic acids is 1. The largest absolute Gasteiger partial charge is 0.380 e. The molecular formula is C18H21FN2O2S. The minimum absolute atomic E-state index is 0.0121. The third-order valence-electron chi connectivity index (χ3n) is 4.91. The molecule has 1 amide bonds. The first-order valence-electron chi connectivity index (χ1n) is 8.41. The van der Waals surface area contributed by atoms with Crippen molar-refractivity contribution in [2.24, 2.45) is 0 Å². The second-order valence-electron chi connectivity index (χ2n) is 6.52. The Balaban J connectivity index is 1.61. The summed E-state index contributed by atoms with van der Waals surface area (Å²) in [6.07, 6.45) is 2.59. The number of piperazine rings is 1. The van der Waals surface area contributed by atoms with E-state index < -0.39 is 0 Å². The van der Waals surface area contributed by atoms with Crippen LogP contribution in [-0.2, 0) is 11.3 Å². The van der Waals surface area contributed by atoms with E-state index in [1.165, 1.54) is 30.2 Å². The van der Waals surface area contributed by atoms with E-state index in [-0.39, 0.29) is 18.3 Å². The number of hydrogen-bond acceptors (Lipinski definition) is 4. The fourth-order valence-electron chi connectivity index (χ4n) is 3.50. The van der Waals surface area contributed by atoms with Crippen molar-refractivity contribution in [3.05, 3.63) is 34.5 Å². The van der Waals surface area contributed by atoms with Gasteiger partial charge in [0.05, 0.1) is 11.5 Å². The summed E-state index contributed by atoms with van der Waals surface area (Å²) in [5.74, 6) is -0.272. The molecule has 0 spiro atoms. The molecule has 1 saturated heterocycles. The lowest BCUT2D eigenvalue weighted by Gasteiger charge is -2.34. The standard InChI is InChI=1S/C18H21FN2O2S/c1-23-11-13-16-14(19)3-2-4-15(16)24-17(13)18(22)21-9-7-20(8-10-21)12-5-6-12/h2-4,12H,5-11H2,1H3. The summed E-state index contributed by atoms with van der Waals surface area (Å²) in [6, 6.07) is 5.73. The molecule has 1 aromatic carbocycles. The lowest BCUT2D eigenvalue weighted by atomic mass is 10.1. The first kappa shape index (κ1) is 16.0. The molecule has 1 aliphatic heterocycles. The average molecular weight is 348 g/mol. The lowest BCUT2D eigenvalue weighted by molar-refractivity contribution is 0.0628. The van der Waals surface area contributed by atoms with Crippen LogP contribution in [-0.4, -0.2) is 55.0 Å². The number of halogens is 1. The van der Waals surface area contributed by atoms with Gasteiger partial charge in [-0.25, -0.2) is 4.39 Å². The maximum Gasteiger partial charge on any atom is 0.264 e. The summed E-state index contributed by atoms with van der Waals surface area (Å²) in [7, 11) is 1.58. The Morgan fingerprint density at radius 2 is 2.04 bits per heavy atom. The molecule has 2 aliphatic rings. The van der Waals surface area contributed by atoms with E-state index in [2.05, 4.69) is 4.90 Å². The number of nitrogens with zero attached hydrogens (tertiary/aromatic N) is 2. The number of benzene rings is 1. The molecule has 0 radical (unpaired) electrons. The third kappa shape index (κ3) is 2.83. The molecule has 2 heterocycles. The van der Waals surface area contributed by atoms with Crippen molar-refractivity contribution in [2.75, 3.05) is 33.3 Å². The van der Waals surface area contributed by atoms with Crippen molar-refractivity contribution >= 4 is 27.3 Å². The number of hydrogen-bond donors (Lipinski definition) is 0. The monoisotopic (exact) mass is 348 g/mol. The number of ether oxygens (including phenoxy) is 1. The highest BCUT2D eigenvalue weighted by molar-refractivity contribution is 7.21. The predicted octanol–water partition coefficient (Wildman–Crippen LogP) is 3.11. The van der Waals surface area contributed by atoms with Crippen LogP contribution in [0.15, 0.2) is 18.2 Å². The molecule has 2 aromatic rings. The van der Waals surface area contributed by atoms with Crippen LogP contribution < -0.4 is 0 Å². The van der Waals surface area contributed by atoms with E-state index in [4.69, 9.17) is 4.74 Å². The number of amides is 1. The zero-order chi connectivity index (χ0) is 16.7. The van der Waals surface area contributed by atoms with Gasteiger partial charge in [-0.1, -0.05) is 6.07 Å². The number of rotatable bonds is 4. The van der Waals surface area contributed by atoms with Crippen LogP contribution in [0.25, 0.3) is 10.1 Å². The number of carbonyl (C=O) groups is 1. The normalized spacial score (nSPS) is 19.2. The summed E-state index contributed by atoms with van der Waals surface area (Å²) < 4.78 is 20.3. The summed E-state index contributed by atoms with van der Waals surface area (Å²) in [5, 5.41) is 0.532. The number of methoxy groups -OCH3 is 1. The van der Waals surface area contributed by atoms with Gasteiger partial charge in [0.25, 0.3) is 5.91 Å². The van der Waals surface area contributed by atoms with Gasteiger partial charge in [0.1, 0.15) is 5.82 Å². The molecule has 1 aliphatic carbocycles. The average Bonchev–Trinajstić information content (AvgIpc) is 3.38. The Morgan fingerprint density at radius 1 is 1.29 bits per heavy atom. The van der Waals surface area contributed by atoms with Gasteiger partial charge in [-0.15, -0.1) is 11.3 Å². The van der Waals surface area contributed by atoms with Gasteiger partial charge in [-0.2, -0.15) is 0 Å². The van der Waals surface area contributed by atoms with Crippen LogP contribution in [0.4, 0.5) is 4.39 Å². The van der Waals surface area contributed by atoms with Crippen molar-refractivity contribution in [2.45, 2.75) is 25.5 Å². The van der Waals surface area contributed by atoms with Gasteiger partial charge in [-0.05, 0) is 25.0 Å². The van der Waals surface area contributed by atoms with Crippen LogP contribution in [0.1, 0.15) is 28.1 Å². The molecule has 6 heteroatoms. The molecule has 4 rings (SSSR count). The quantitative estimate of drug-likeness (QED) is 0.851. The van der Waals surface area contributed by atoms with E-state index in [0.29, 0.717) is 15.8 Å². The van der Waals surface area contributed by atoms with E-state index in [0.717, 1.165) is 36.9 Å². The maximum absolute atomic E-state index is 14.3. The summed E-state index contributed by atoms with van der Waals surface area (Å²) in [6.45, 7) is 3.63. The Morgan fingerprint density at radius 3 is 2.71 bits per heavy atom. The molecule has 0 unspecified atom stereocenters. The Labute approximate surface area is 144 Å². The molecule has 0 N–H and O–H groups in total. The van der Waals surface area contributed by atoms with Crippen molar-refractivity contribution < 1.29 is 13.9 Å². The SMILES string of the molecule is COCc1c(C(=O)N2CCN(C3CC3)CC2)sc2cccc(F)c12. The van der Waals surface area contributed by atoms with E-state index in [1.54, 1.807) is 13.2 Å². The topological polar surface area (TPSA) is 32.8 Å². The molecule has 128 valence electrons. The first-order valence-corrected chi connectivity index (χ1v) is 9.23. The predicted molar refractivity (Wildman–Crippen MR) is 93.0 cm³/mol. The highest BCUT2D eigenvalue weighted by Gasteiger charge is 2.33. The molecule has 24 heavy (non-hydrogen) atoms. The van der Waals surface area contributed by atoms with Gasteiger partial charge < -0.3 is 9.64 Å². The molecular weight excluding hydrogens is 327 g/mol. The van der Waals surface area contributed by atoms with Gasteiger partial charge in [-0.3, -0.25) is 9.69 Å².